The Labute approximate surface area is 193 Å². The van der Waals surface area contributed by atoms with Gasteiger partial charge in [0, 0.05) is 47.6 Å². The zero-order valence-electron chi connectivity index (χ0n) is 19.9. The second kappa shape index (κ2) is 8.35. The van der Waals surface area contributed by atoms with Gasteiger partial charge in [-0.1, -0.05) is 32.0 Å². The number of fused-ring (bicyclic) bond motifs is 1. The molecule has 1 aliphatic rings. The Hall–Kier alpha value is -3.10. The second-order valence-electron chi connectivity index (χ2n) is 9.58. The number of ether oxygens (including phenoxy) is 1. The van der Waals surface area contributed by atoms with Gasteiger partial charge in [0.2, 0.25) is 0 Å². The van der Waals surface area contributed by atoms with Crippen LogP contribution in [0.4, 0.5) is 0 Å². The first-order valence-electron chi connectivity index (χ1n) is 11.5. The maximum Gasteiger partial charge on any atom is 0.133 e. The van der Waals surface area contributed by atoms with Gasteiger partial charge in [0.25, 0.3) is 0 Å². The predicted octanol–water partition coefficient (Wildman–Crippen LogP) is 3.63. The van der Waals surface area contributed by atoms with Crippen LogP contribution in [0.3, 0.4) is 0 Å². The molecule has 1 unspecified atom stereocenters. The Morgan fingerprint density at radius 2 is 2.03 bits per heavy atom. The minimum absolute atomic E-state index is 0.0960. The van der Waals surface area contributed by atoms with Crippen LogP contribution in [0.5, 0.6) is 0 Å². The van der Waals surface area contributed by atoms with Crippen LogP contribution in [-0.2, 0) is 23.6 Å². The van der Waals surface area contributed by atoms with Crippen LogP contribution in [0.15, 0.2) is 36.7 Å². The third-order valence-corrected chi connectivity index (χ3v) is 6.51. The lowest BCUT2D eigenvalue weighted by Crippen LogP contribution is -2.49. The van der Waals surface area contributed by atoms with Gasteiger partial charge in [0.15, 0.2) is 0 Å². The Kier molecular flexibility index (Phi) is 5.50. The third kappa shape index (κ3) is 3.94. The van der Waals surface area contributed by atoms with Gasteiger partial charge in [-0.2, -0.15) is 5.10 Å². The zero-order chi connectivity index (χ0) is 23.2. The maximum absolute atomic E-state index is 5.68. The molecule has 1 aromatic carbocycles. The van der Waals surface area contributed by atoms with E-state index in [-0.39, 0.29) is 11.5 Å². The fourth-order valence-corrected chi connectivity index (χ4v) is 4.77. The van der Waals surface area contributed by atoms with Gasteiger partial charge in [0.1, 0.15) is 17.8 Å². The highest BCUT2D eigenvalue weighted by molar-refractivity contribution is 5.94. The van der Waals surface area contributed by atoms with Crippen LogP contribution in [0, 0.1) is 6.92 Å². The van der Waals surface area contributed by atoms with Crippen molar-refractivity contribution in [2.24, 2.45) is 7.05 Å². The number of aromatic nitrogens is 6. The van der Waals surface area contributed by atoms with Gasteiger partial charge in [-0.15, -0.1) is 10.2 Å². The fourth-order valence-electron chi connectivity index (χ4n) is 4.77. The van der Waals surface area contributed by atoms with Crippen molar-refractivity contribution in [1.29, 1.82) is 0 Å². The van der Waals surface area contributed by atoms with E-state index in [9.17, 15) is 0 Å². The van der Waals surface area contributed by atoms with Gasteiger partial charge >= 0.3 is 0 Å². The molecule has 1 aliphatic heterocycles. The highest BCUT2D eigenvalue weighted by Crippen LogP contribution is 2.38. The quantitative estimate of drug-likeness (QED) is 0.451. The van der Waals surface area contributed by atoms with Gasteiger partial charge in [0.05, 0.1) is 24.4 Å². The van der Waals surface area contributed by atoms with Gasteiger partial charge < -0.3 is 14.6 Å². The Bertz CT molecular complexity index is 1290. The van der Waals surface area contributed by atoms with Crippen LogP contribution in [-0.4, -0.2) is 49.2 Å². The number of H-pyrrole nitrogens is 1. The largest absolute Gasteiger partial charge is 0.379 e. The normalized spacial score (nSPS) is 16.3. The summed E-state index contributed by atoms with van der Waals surface area (Å²) < 4.78 is 7.66. The molecule has 1 saturated heterocycles. The summed E-state index contributed by atoms with van der Waals surface area (Å²) in [4.78, 5) is 4.83. The number of hydrogen-bond acceptors (Lipinski definition) is 6. The number of aromatic amines is 1. The lowest BCUT2D eigenvalue weighted by Gasteiger charge is -2.41. The molecule has 3 aromatic heterocycles. The molecule has 0 bridgehead atoms. The molecule has 4 heterocycles. The number of hydrogen-bond donors (Lipinski definition) is 2. The molecule has 33 heavy (non-hydrogen) atoms. The number of benzene rings is 1. The maximum atomic E-state index is 5.68. The van der Waals surface area contributed by atoms with Crippen molar-refractivity contribution in [3.63, 3.8) is 0 Å². The molecule has 0 saturated carbocycles. The smallest absolute Gasteiger partial charge is 0.133 e. The van der Waals surface area contributed by atoms with E-state index in [1.54, 1.807) is 6.33 Å². The van der Waals surface area contributed by atoms with Gasteiger partial charge in [-0.05, 0) is 31.5 Å². The minimum atomic E-state index is -0.0960. The highest BCUT2D eigenvalue weighted by Gasteiger charge is 2.41. The summed E-state index contributed by atoms with van der Waals surface area (Å²) >= 11 is 0. The van der Waals surface area contributed by atoms with E-state index in [0.29, 0.717) is 19.3 Å². The average molecular weight is 446 g/mol. The molecule has 8 nitrogen and oxygen atoms in total. The lowest BCUT2D eigenvalue weighted by molar-refractivity contribution is -0.0611. The summed E-state index contributed by atoms with van der Waals surface area (Å²) in [6.07, 6.45) is 2.54. The molecule has 0 amide bonds. The van der Waals surface area contributed by atoms with Crippen molar-refractivity contribution in [2.75, 3.05) is 13.2 Å². The molecule has 1 fully saturated rings. The second-order valence-corrected chi connectivity index (χ2v) is 9.58. The van der Waals surface area contributed by atoms with Crippen molar-refractivity contribution < 1.29 is 4.74 Å². The van der Waals surface area contributed by atoms with E-state index in [1.165, 1.54) is 5.56 Å². The van der Waals surface area contributed by atoms with E-state index >= 15 is 0 Å². The first-order valence-corrected chi connectivity index (χ1v) is 11.5. The fraction of sp³-hybridized carbons (Fsp3) is 0.440. The third-order valence-electron chi connectivity index (χ3n) is 6.51. The first-order chi connectivity index (χ1) is 15.9. The van der Waals surface area contributed by atoms with E-state index in [4.69, 9.17) is 14.8 Å². The Morgan fingerprint density at radius 3 is 2.70 bits per heavy atom. The zero-order valence-corrected chi connectivity index (χ0v) is 19.9. The van der Waals surface area contributed by atoms with E-state index in [2.05, 4.69) is 71.7 Å². The number of nitrogens with one attached hydrogen (secondary N) is 2. The summed E-state index contributed by atoms with van der Waals surface area (Å²) in [7, 11) is 1.98. The van der Waals surface area contributed by atoms with Crippen molar-refractivity contribution >= 4 is 10.9 Å². The Morgan fingerprint density at radius 1 is 1.21 bits per heavy atom. The van der Waals surface area contributed by atoms with E-state index < -0.39 is 0 Å². The molecule has 0 radical (unpaired) electrons. The number of pyridine rings is 1. The minimum Gasteiger partial charge on any atom is -0.379 e. The van der Waals surface area contributed by atoms with Crippen molar-refractivity contribution in [1.82, 2.24) is 35.3 Å². The van der Waals surface area contributed by atoms with E-state index in [0.717, 1.165) is 45.8 Å². The highest BCUT2D eigenvalue weighted by atomic mass is 16.5. The Balaban J connectivity index is 1.54. The molecule has 4 aromatic rings. The summed E-state index contributed by atoms with van der Waals surface area (Å²) in [6.45, 7) is 9.84. The number of rotatable bonds is 7. The van der Waals surface area contributed by atoms with Crippen LogP contribution in [0.1, 0.15) is 49.6 Å². The average Bonchev–Trinajstić information content (AvgIpc) is 3.35. The molecule has 5 rings (SSSR count). The van der Waals surface area contributed by atoms with Gasteiger partial charge in [-0.25, -0.2) is 0 Å². The molecule has 172 valence electrons. The summed E-state index contributed by atoms with van der Waals surface area (Å²) in [6, 6.07) is 11.3. The molecule has 0 spiro atoms. The molecule has 1 atom stereocenters. The van der Waals surface area contributed by atoms with Crippen molar-refractivity contribution in [3.8, 4) is 11.3 Å². The predicted molar refractivity (Wildman–Crippen MR) is 128 cm³/mol. The lowest BCUT2D eigenvalue weighted by atomic mass is 9.75. The molecular formula is C25H31N7O. The number of nitrogens with zero attached hydrogens (tertiary/aromatic N) is 5. The molecule has 8 heteroatoms. The van der Waals surface area contributed by atoms with Gasteiger partial charge in [-0.3, -0.25) is 10.1 Å². The van der Waals surface area contributed by atoms with E-state index in [1.807, 2.05) is 18.5 Å². The summed E-state index contributed by atoms with van der Waals surface area (Å²) in [5.41, 5.74) is 6.16. The molecule has 0 aliphatic carbocycles. The van der Waals surface area contributed by atoms with Crippen molar-refractivity contribution in [3.05, 3.63) is 59.4 Å². The standard InChI is InChI=1S/C25H31N7O/c1-15(2)27-17(4)22-24-20(9-16(3)28-22)23(30-31-24)18-7-6-8-19(10-18)25(12-33-13-25)11-21-29-26-14-32(21)5/h6-10,14-15,17,27H,11-13H2,1-5H3,(H,30,31). The van der Waals surface area contributed by atoms with Crippen LogP contribution >= 0.6 is 0 Å². The summed E-state index contributed by atoms with van der Waals surface area (Å²) in [5, 5.41) is 21.0. The SMILES string of the molecule is Cc1cc2c(-c3cccc(C4(Cc5nncn5C)COC4)c3)n[nH]c2c(C(C)NC(C)C)n1. The topological polar surface area (TPSA) is 93.5 Å². The molecule has 2 N–H and O–H groups in total. The number of aryl methyl sites for hydroxylation is 2. The van der Waals surface area contributed by atoms with Crippen LogP contribution in [0.2, 0.25) is 0 Å². The first kappa shape index (κ1) is 21.7. The van der Waals surface area contributed by atoms with Crippen molar-refractivity contribution in [2.45, 2.75) is 51.6 Å². The summed E-state index contributed by atoms with van der Waals surface area (Å²) in [5.74, 6) is 0.965. The monoisotopic (exact) mass is 445 g/mol. The van der Waals surface area contributed by atoms with Crippen LogP contribution < -0.4 is 5.32 Å². The molecular weight excluding hydrogens is 414 g/mol. The van der Waals surface area contributed by atoms with Crippen LogP contribution in [0.25, 0.3) is 22.2 Å².